The van der Waals surface area contributed by atoms with Gasteiger partial charge in [-0.3, -0.25) is 9.80 Å². The summed E-state index contributed by atoms with van der Waals surface area (Å²) < 4.78 is 0. The second-order valence-corrected chi connectivity index (χ2v) is 6.36. The van der Waals surface area contributed by atoms with Crippen LogP contribution >= 0.6 is 0 Å². The molecular weight excluding hydrogens is 224 g/mol. The van der Waals surface area contributed by atoms with Crippen LogP contribution in [0.5, 0.6) is 0 Å². The van der Waals surface area contributed by atoms with Crippen LogP contribution in [0.15, 0.2) is 12.3 Å². The summed E-state index contributed by atoms with van der Waals surface area (Å²) in [6.07, 6.45) is 3.35. The van der Waals surface area contributed by atoms with Gasteiger partial charge in [-0.25, -0.2) is 0 Å². The quantitative estimate of drug-likeness (QED) is 0.318. The Labute approximate surface area is 111 Å². The summed E-state index contributed by atoms with van der Waals surface area (Å²) in [7, 11) is 0.0313. The molecule has 0 spiro atoms. The van der Waals surface area contributed by atoms with Gasteiger partial charge in [-0.2, -0.15) is 0 Å². The van der Waals surface area contributed by atoms with Gasteiger partial charge < -0.3 is 0 Å². The summed E-state index contributed by atoms with van der Waals surface area (Å²) in [5, 5.41) is 0. The molecular formula is C14H32N2Si. The maximum Gasteiger partial charge on any atom is 0.0621 e. The number of hydrogen-bond acceptors (Lipinski definition) is 2. The molecule has 0 bridgehead atoms. The molecule has 0 saturated heterocycles. The highest BCUT2D eigenvalue weighted by Crippen LogP contribution is 2.13. The third kappa shape index (κ3) is 6.39. The van der Waals surface area contributed by atoms with Gasteiger partial charge in [-0.15, -0.1) is 12.3 Å². The molecule has 0 fully saturated rings. The first-order valence-electron chi connectivity index (χ1n) is 7.33. The smallest absolute Gasteiger partial charge is 0.0621 e. The fraction of sp³-hybridized carbons (Fsp3) is 0.857. The van der Waals surface area contributed by atoms with Crippen molar-refractivity contribution >= 4 is 9.52 Å². The van der Waals surface area contributed by atoms with Gasteiger partial charge in [0.2, 0.25) is 0 Å². The Balaban J connectivity index is 4.32. The Bertz CT molecular complexity index is 165. The molecule has 0 atom stereocenters. The van der Waals surface area contributed by atoms with Gasteiger partial charge in [0.25, 0.3) is 0 Å². The first-order chi connectivity index (χ1) is 8.24. The first-order valence-corrected chi connectivity index (χ1v) is 9.15. The molecule has 0 rings (SSSR count). The van der Waals surface area contributed by atoms with E-state index >= 15 is 0 Å². The Hall–Kier alpha value is -0.123. The summed E-state index contributed by atoms with van der Waals surface area (Å²) in [6, 6.07) is 1.42. The van der Waals surface area contributed by atoms with Crippen LogP contribution < -0.4 is 0 Å². The zero-order chi connectivity index (χ0) is 13.1. The fourth-order valence-corrected chi connectivity index (χ4v) is 3.37. The van der Waals surface area contributed by atoms with Crippen LogP contribution in [0.4, 0.5) is 0 Å². The highest BCUT2D eigenvalue weighted by Gasteiger charge is 2.20. The standard InChI is InChI=1S/C14H32N2Si/c1-6-15(7-2)14(16(8-3)9-4)12-11-13-17-10-5/h10,14H,5-9,11-13,17H2,1-4H3. The molecule has 0 N–H and O–H groups in total. The maximum absolute atomic E-state index is 3.85. The SMILES string of the molecule is C=C[SiH2]CCCC(N(CC)CC)N(CC)CC. The van der Waals surface area contributed by atoms with Gasteiger partial charge >= 0.3 is 0 Å². The van der Waals surface area contributed by atoms with Crippen molar-refractivity contribution in [2.45, 2.75) is 52.7 Å². The number of nitrogens with zero attached hydrogens (tertiary/aromatic N) is 2. The van der Waals surface area contributed by atoms with Crippen LogP contribution in [-0.2, 0) is 0 Å². The predicted molar refractivity (Wildman–Crippen MR) is 82.4 cm³/mol. The molecule has 0 unspecified atom stereocenters. The molecule has 0 amide bonds. The highest BCUT2D eigenvalue weighted by molar-refractivity contribution is 6.41. The van der Waals surface area contributed by atoms with E-state index in [0.717, 1.165) is 26.2 Å². The van der Waals surface area contributed by atoms with Crippen molar-refractivity contribution in [2.75, 3.05) is 26.2 Å². The van der Waals surface area contributed by atoms with Gasteiger partial charge in [0.1, 0.15) is 0 Å². The maximum atomic E-state index is 3.85. The van der Waals surface area contributed by atoms with E-state index < -0.39 is 0 Å². The molecule has 102 valence electrons. The third-order valence-corrected chi connectivity index (χ3v) is 4.90. The normalized spacial score (nSPS) is 12.4. The van der Waals surface area contributed by atoms with Gasteiger partial charge in [-0.05, 0) is 32.6 Å². The Kier molecular flexibility index (Phi) is 10.9. The average Bonchev–Trinajstić information content (AvgIpc) is 2.36. The molecule has 2 nitrogen and oxygen atoms in total. The molecule has 17 heavy (non-hydrogen) atoms. The molecule has 3 heteroatoms. The largest absolute Gasteiger partial charge is 0.288 e. The average molecular weight is 257 g/mol. The molecule has 0 aliphatic heterocycles. The second-order valence-electron chi connectivity index (χ2n) is 4.50. The third-order valence-electron chi connectivity index (χ3n) is 3.59. The summed E-state index contributed by atoms with van der Waals surface area (Å²) >= 11 is 0. The van der Waals surface area contributed by atoms with Crippen molar-refractivity contribution in [3.63, 3.8) is 0 Å². The molecule has 0 heterocycles. The van der Waals surface area contributed by atoms with Crippen molar-refractivity contribution in [3.8, 4) is 0 Å². The Morgan fingerprint density at radius 2 is 1.47 bits per heavy atom. The van der Waals surface area contributed by atoms with E-state index in [1.54, 1.807) is 0 Å². The zero-order valence-electron chi connectivity index (χ0n) is 12.4. The van der Waals surface area contributed by atoms with Crippen LogP contribution in [0, 0.1) is 0 Å². The molecule has 0 aromatic heterocycles. The van der Waals surface area contributed by atoms with Crippen LogP contribution in [0.2, 0.25) is 6.04 Å². The van der Waals surface area contributed by atoms with E-state index in [9.17, 15) is 0 Å². The Morgan fingerprint density at radius 3 is 1.82 bits per heavy atom. The summed E-state index contributed by atoms with van der Waals surface area (Å²) in [6.45, 7) is 17.6. The molecule has 0 aromatic carbocycles. The summed E-state index contributed by atoms with van der Waals surface area (Å²) in [5.74, 6) is 0. The lowest BCUT2D eigenvalue weighted by Crippen LogP contribution is -2.48. The van der Waals surface area contributed by atoms with E-state index in [1.165, 1.54) is 18.9 Å². The lowest BCUT2D eigenvalue weighted by Gasteiger charge is -2.38. The fourth-order valence-electron chi connectivity index (χ4n) is 2.50. The van der Waals surface area contributed by atoms with Gasteiger partial charge in [0.05, 0.1) is 6.17 Å². The minimum Gasteiger partial charge on any atom is -0.288 e. The molecule has 0 saturated carbocycles. The van der Waals surface area contributed by atoms with Crippen molar-refractivity contribution in [2.24, 2.45) is 0 Å². The lowest BCUT2D eigenvalue weighted by molar-refractivity contribution is 0.0497. The second kappa shape index (κ2) is 11.0. The summed E-state index contributed by atoms with van der Waals surface area (Å²) in [5.41, 5.74) is 2.17. The Morgan fingerprint density at radius 1 is 1.00 bits per heavy atom. The minimum atomic E-state index is 0.0313. The van der Waals surface area contributed by atoms with Crippen LogP contribution in [-0.4, -0.2) is 51.7 Å². The van der Waals surface area contributed by atoms with Gasteiger partial charge in [-0.1, -0.05) is 40.2 Å². The van der Waals surface area contributed by atoms with E-state index in [2.05, 4.69) is 49.8 Å². The van der Waals surface area contributed by atoms with Crippen molar-refractivity contribution in [3.05, 3.63) is 12.3 Å². The highest BCUT2D eigenvalue weighted by atomic mass is 28.2. The van der Waals surface area contributed by atoms with Crippen LogP contribution in [0.25, 0.3) is 0 Å². The zero-order valence-corrected chi connectivity index (χ0v) is 13.8. The van der Waals surface area contributed by atoms with E-state index in [0.29, 0.717) is 6.17 Å². The molecule has 0 aromatic rings. The molecule has 0 aliphatic rings. The summed E-state index contributed by atoms with van der Waals surface area (Å²) in [4.78, 5) is 5.20. The van der Waals surface area contributed by atoms with E-state index in [-0.39, 0.29) is 9.52 Å². The lowest BCUT2D eigenvalue weighted by atomic mass is 10.2. The topological polar surface area (TPSA) is 6.48 Å². The number of rotatable bonds is 11. The predicted octanol–water partition coefficient (Wildman–Crippen LogP) is 2.51. The van der Waals surface area contributed by atoms with Crippen molar-refractivity contribution in [1.82, 2.24) is 9.80 Å². The number of hydrogen-bond donors (Lipinski definition) is 0. The van der Waals surface area contributed by atoms with Gasteiger partial charge in [0.15, 0.2) is 0 Å². The van der Waals surface area contributed by atoms with Crippen molar-refractivity contribution < 1.29 is 0 Å². The van der Waals surface area contributed by atoms with Crippen molar-refractivity contribution in [1.29, 1.82) is 0 Å². The van der Waals surface area contributed by atoms with E-state index in [4.69, 9.17) is 0 Å². The van der Waals surface area contributed by atoms with Crippen LogP contribution in [0.3, 0.4) is 0 Å². The molecule has 0 aliphatic carbocycles. The van der Waals surface area contributed by atoms with Gasteiger partial charge in [0, 0.05) is 9.52 Å². The molecule has 0 radical (unpaired) electrons. The minimum absolute atomic E-state index is 0.0313. The first kappa shape index (κ1) is 16.9. The monoisotopic (exact) mass is 256 g/mol. The van der Waals surface area contributed by atoms with Crippen LogP contribution in [0.1, 0.15) is 40.5 Å². The van der Waals surface area contributed by atoms with E-state index in [1.807, 2.05) is 0 Å².